The summed E-state index contributed by atoms with van der Waals surface area (Å²) >= 11 is 0. The third kappa shape index (κ3) is 4.00. The molecule has 0 aliphatic rings. The number of hydrogen-bond donors (Lipinski definition) is 1. The molecule has 0 bridgehead atoms. The maximum Gasteiger partial charge on any atom is 0.342 e. The van der Waals surface area contributed by atoms with Gasteiger partial charge in [0.1, 0.15) is 11.3 Å². The van der Waals surface area contributed by atoms with Crippen molar-refractivity contribution in [2.75, 3.05) is 12.4 Å². The van der Waals surface area contributed by atoms with Crippen LogP contribution in [0.4, 0.5) is 11.4 Å². The van der Waals surface area contributed by atoms with Crippen LogP contribution < -0.4 is 10.1 Å². The fraction of sp³-hybridized carbons (Fsp3) is 0.286. The van der Waals surface area contributed by atoms with E-state index in [1.165, 1.54) is 6.20 Å². The van der Waals surface area contributed by atoms with E-state index in [1.54, 1.807) is 7.11 Å². The molecule has 3 rings (SSSR count). The molecule has 3 aromatic rings. The molecule has 27 heavy (non-hydrogen) atoms. The summed E-state index contributed by atoms with van der Waals surface area (Å²) in [5.74, 6) is 0.239. The number of aryl methyl sites for hydroxylation is 2. The molecule has 0 saturated carbocycles. The lowest BCUT2D eigenvalue weighted by atomic mass is 10.1. The Morgan fingerprint density at radius 1 is 1.15 bits per heavy atom. The van der Waals surface area contributed by atoms with Crippen molar-refractivity contribution in [1.82, 2.24) is 9.97 Å². The Kier molecular flexibility index (Phi) is 5.26. The smallest absolute Gasteiger partial charge is 0.342 e. The fourth-order valence-electron chi connectivity index (χ4n) is 2.79. The molecule has 2 aromatic heterocycles. The minimum absolute atomic E-state index is 0.231. The number of pyridine rings is 2. The van der Waals surface area contributed by atoms with Gasteiger partial charge in [-0.05, 0) is 57.5 Å². The van der Waals surface area contributed by atoms with Crippen LogP contribution in [-0.4, -0.2) is 29.2 Å². The predicted octanol–water partition coefficient (Wildman–Crippen LogP) is 4.56. The summed E-state index contributed by atoms with van der Waals surface area (Å²) in [5.41, 5.74) is 4.19. The van der Waals surface area contributed by atoms with E-state index in [-0.39, 0.29) is 6.10 Å². The molecule has 1 aromatic carbocycles. The predicted molar refractivity (Wildman–Crippen MR) is 106 cm³/mol. The summed E-state index contributed by atoms with van der Waals surface area (Å²) in [4.78, 5) is 21.5. The second kappa shape index (κ2) is 7.61. The number of benzene rings is 1. The van der Waals surface area contributed by atoms with Gasteiger partial charge < -0.3 is 14.8 Å². The summed E-state index contributed by atoms with van der Waals surface area (Å²) in [5, 5.41) is 4.08. The van der Waals surface area contributed by atoms with Gasteiger partial charge in [0.2, 0.25) is 0 Å². The molecule has 6 heteroatoms. The number of anilines is 2. The third-order valence-corrected chi connectivity index (χ3v) is 4.05. The number of rotatable bonds is 5. The number of carbonyl (C=O) groups is 1. The Morgan fingerprint density at radius 3 is 2.63 bits per heavy atom. The lowest BCUT2D eigenvalue weighted by Gasteiger charge is -2.17. The number of methoxy groups -OCH3 is 1. The molecule has 0 fully saturated rings. The second-order valence-electron chi connectivity index (χ2n) is 6.65. The highest BCUT2D eigenvalue weighted by Crippen LogP contribution is 2.34. The standard InChI is InChI=1S/C21H23N3O3/c1-12(2)27-21(25)16-11-22-20-15(8-7-14(4)23-20)19(16)24-17-10-13(3)6-9-18(17)26-5/h6-12H,1-5H3,(H,22,23,24). The lowest BCUT2D eigenvalue weighted by molar-refractivity contribution is 0.0379. The topological polar surface area (TPSA) is 73.3 Å². The van der Waals surface area contributed by atoms with Crippen molar-refractivity contribution < 1.29 is 14.3 Å². The first-order valence-corrected chi connectivity index (χ1v) is 8.78. The van der Waals surface area contributed by atoms with Crippen molar-refractivity contribution in [3.05, 3.63) is 53.3 Å². The van der Waals surface area contributed by atoms with E-state index in [0.717, 1.165) is 22.3 Å². The van der Waals surface area contributed by atoms with Gasteiger partial charge in [-0.3, -0.25) is 0 Å². The summed E-state index contributed by atoms with van der Waals surface area (Å²) < 4.78 is 10.9. The molecule has 6 nitrogen and oxygen atoms in total. The first-order valence-electron chi connectivity index (χ1n) is 8.78. The van der Waals surface area contributed by atoms with Crippen LogP contribution >= 0.6 is 0 Å². The SMILES string of the molecule is COc1ccc(C)cc1Nc1c(C(=O)OC(C)C)cnc2nc(C)ccc12. The summed E-state index contributed by atoms with van der Waals surface area (Å²) in [6, 6.07) is 9.61. The van der Waals surface area contributed by atoms with Gasteiger partial charge in [-0.15, -0.1) is 0 Å². The first kappa shape index (κ1) is 18.6. The Hall–Kier alpha value is -3.15. The Bertz CT molecular complexity index is 999. The van der Waals surface area contributed by atoms with Crippen LogP contribution in [0.2, 0.25) is 0 Å². The minimum atomic E-state index is -0.436. The molecule has 1 N–H and O–H groups in total. The number of nitrogens with zero attached hydrogens (tertiary/aromatic N) is 2. The van der Waals surface area contributed by atoms with Crippen LogP contribution in [0.3, 0.4) is 0 Å². The van der Waals surface area contributed by atoms with Crippen molar-refractivity contribution in [2.24, 2.45) is 0 Å². The number of ether oxygens (including phenoxy) is 2. The molecule has 0 amide bonds. The van der Waals surface area contributed by atoms with E-state index in [1.807, 2.05) is 58.0 Å². The van der Waals surface area contributed by atoms with Gasteiger partial charge >= 0.3 is 5.97 Å². The molecular formula is C21H23N3O3. The van der Waals surface area contributed by atoms with Crippen molar-refractivity contribution in [2.45, 2.75) is 33.8 Å². The summed E-state index contributed by atoms with van der Waals surface area (Å²) in [7, 11) is 1.61. The zero-order chi connectivity index (χ0) is 19.6. The summed E-state index contributed by atoms with van der Waals surface area (Å²) in [6.07, 6.45) is 1.27. The molecule has 0 saturated heterocycles. The Balaban J connectivity index is 2.18. The van der Waals surface area contributed by atoms with Gasteiger partial charge in [-0.1, -0.05) is 6.07 Å². The van der Waals surface area contributed by atoms with E-state index in [0.29, 0.717) is 22.6 Å². The van der Waals surface area contributed by atoms with Crippen LogP contribution in [0.25, 0.3) is 11.0 Å². The van der Waals surface area contributed by atoms with Crippen LogP contribution in [0.5, 0.6) is 5.75 Å². The number of aromatic nitrogens is 2. The number of fused-ring (bicyclic) bond motifs is 1. The highest BCUT2D eigenvalue weighted by atomic mass is 16.5. The quantitative estimate of drug-likeness (QED) is 0.668. The van der Waals surface area contributed by atoms with E-state index in [4.69, 9.17) is 9.47 Å². The number of nitrogens with one attached hydrogen (secondary N) is 1. The highest BCUT2D eigenvalue weighted by Gasteiger charge is 2.20. The van der Waals surface area contributed by atoms with Crippen molar-refractivity contribution in [3.8, 4) is 5.75 Å². The van der Waals surface area contributed by atoms with Gasteiger partial charge in [-0.25, -0.2) is 14.8 Å². The van der Waals surface area contributed by atoms with Crippen molar-refractivity contribution >= 4 is 28.4 Å². The average Bonchev–Trinajstić information content (AvgIpc) is 2.61. The molecular weight excluding hydrogens is 342 g/mol. The van der Waals surface area contributed by atoms with Crippen molar-refractivity contribution in [3.63, 3.8) is 0 Å². The molecule has 0 aliphatic heterocycles. The second-order valence-corrected chi connectivity index (χ2v) is 6.65. The zero-order valence-electron chi connectivity index (χ0n) is 16.2. The van der Waals surface area contributed by atoms with Crippen LogP contribution in [-0.2, 0) is 4.74 Å². The molecule has 0 atom stereocenters. The largest absolute Gasteiger partial charge is 0.495 e. The highest BCUT2D eigenvalue weighted by molar-refractivity contribution is 6.05. The number of hydrogen-bond acceptors (Lipinski definition) is 6. The van der Waals surface area contributed by atoms with Crippen LogP contribution in [0, 0.1) is 13.8 Å². The monoisotopic (exact) mass is 365 g/mol. The molecule has 0 unspecified atom stereocenters. The molecule has 0 spiro atoms. The van der Waals surface area contributed by atoms with Crippen molar-refractivity contribution in [1.29, 1.82) is 0 Å². The molecule has 0 aliphatic carbocycles. The van der Waals surface area contributed by atoms with Gasteiger partial charge in [0.15, 0.2) is 5.65 Å². The van der Waals surface area contributed by atoms with E-state index >= 15 is 0 Å². The first-order chi connectivity index (χ1) is 12.9. The average molecular weight is 365 g/mol. The van der Waals surface area contributed by atoms with Crippen LogP contribution in [0.15, 0.2) is 36.5 Å². The number of carbonyl (C=O) groups excluding carboxylic acids is 1. The van der Waals surface area contributed by atoms with Gasteiger partial charge in [-0.2, -0.15) is 0 Å². The zero-order valence-corrected chi connectivity index (χ0v) is 16.2. The normalized spacial score (nSPS) is 10.9. The van der Waals surface area contributed by atoms with Gasteiger partial charge in [0, 0.05) is 17.3 Å². The Morgan fingerprint density at radius 2 is 1.93 bits per heavy atom. The molecule has 140 valence electrons. The Labute approximate surface area is 158 Å². The summed E-state index contributed by atoms with van der Waals surface area (Å²) in [6.45, 7) is 7.52. The van der Waals surface area contributed by atoms with Crippen LogP contribution in [0.1, 0.15) is 35.5 Å². The third-order valence-electron chi connectivity index (χ3n) is 4.05. The number of esters is 1. The lowest BCUT2D eigenvalue weighted by Crippen LogP contribution is -2.14. The molecule has 2 heterocycles. The van der Waals surface area contributed by atoms with E-state index in [9.17, 15) is 4.79 Å². The minimum Gasteiger partial charge on any atom is -0.495 e. The van der Waals surface area contributed by atoms with E-state index < -0.39 is 5.97 Å². The van der Waals surface area contributed by atoms with E-state index in [2.05, 4.69) is 15.3 Å². The molecule has 0 radical (unpaired) electrons. The fourth-order valence-corrected chi connectivity index (χ4v) is 2.79. The maximum absolute atomic E-state index is 12.6. The van der Waals surface area contributed by atoms with Gasteiger partial charge in [0.05, 0.1) is 24.6 Å². The maximum atomic E-state index is 12.6. The van der Waals surface area contributed by atoms with Gasteiger partial charge in [0.25, 0.3) is 0 Å².